The van der Waals surface area contributed by atoms with Gasteiger partial charge in [0.2, 0.25) is 11.3 Å². The SMILES string of the molecule is COCC[C@@H](CO)n1cc(C(=O)O)c(=O)c2cc(Cc3ccc(N4CCCC4=O)c(Cl)c3F)c(OC)cc21. The first-order chi connectivity index (χ1) is 18.2. The minimum absolute atomic E-state index is 0.0112. The van der Waals surface area contributed by atoms with Crippen molar-refractivity contribution in [3.8, 4) is 5.75 Å². The van der Waals surface area contributed by atoms with Gasteiger partial charge in [0.15, 0.2) is 0 Å². The van der Waals surface area contributed by atoms with E-state index in [1.165, 1.54) is 42.0 Å². The van der Waals surface area contributed by atoms with Gasteiger partial charge in [-0.25, -0.2) is 9.18 Å². The number of halogens is 2. The van der Waals surface area contributed by atoms with Crippen molar-refractivity contribution < 1.29 is 33.7 Å². The number of benzene rings is 2. The highest BCUT2D eigenvalue weighted by molar-refractivity contribution is 6.34. The molecule has 11 heteroatoms. The summed E-state index contributed by atoms with van der Waals surface area (Å²) in [5.41, 5.74) is 0.142. The molecule has 0 radical (unpaired) electrons. The average molecular weight is 547 g/mol. The zero-order valence-electron chi connectivity index (χ0n) is 21.0. The molecule has 1 aromatic heterocycles. The number of aliphatic hydroxyl groups is 1. The molecule has 1 atom stereocenters. The molecule has 0 saturated carbocycles. The Bertz CT molecular complexity index is 1460. The summed E-state index contributed by atoms with van der Waals surface area (Å²) < 4.78 is 27.6. The van der Waals surface area contributed by atoms with Crippen LogP contribution >= 0.6 is 11.6 Å². The van der Waals surface area contributed by atoms with E-state index in [1.807, 2.05) is 0 Å². The molecule has 1 amide bonds. The van der Waals surface area contributed by atoms with Crippen LogP contribution in [0.4, 0.5) is 10.1 Å². The number of aromatic carboxylic acids is 1. The highest BCUT2D eigenvalue weighted by atomic mass is 35.5. The summed E-state index contributed by atoms with van der Waals surface area (Å²) in [6, 6.07) is 5.61. The van der Waals surface area contributed by atoms with Gasteiger partial charge in [0.05, 0.1) is 31.0 Å². The fourth-order valence-corrected chi connectivity index (χ4v) is 5.10. The Labute approximate surface area is 223 Å². The van der Waals surface area contributed by atoms with Gasteiger partial charge in [-0.05, 0) is 36.1 Å². The molecule has 0 unspecified atom stereocenters. The number of methoxy groups -OCH3 is 2. The van der Waals surface area contributed by atoms with E-state index in [1.54, 1.807) is 12.1 Å². The first kappa shape index (κ1) is 27.6. The van der Waals surface area contributed by atoms with Crippen molar-refractivity contribution in [1.82, 2.24) is 4.57 Å². The molecule has 1 aliphatic rings. The van der Waals surface area contributed by atoms with Gasteiger partial charge >= 0.3 is 5.97 Å². The largest absolute Gasteiger partial charge is 0.496 e. The molecule has 3 aromatic rings. The molecule has 2 aromatic carbocycles. The van der Waals surface area contributed by atoms with Crippen LogP contribution in [0, 0.1) is 5.82 Å². The van der Waals surface area contributed by atoms with Crippen molar-refractivity contribution in [2.75, 3.05) is 38.9 Å². The number of carboxylic acid groups (broad SMARTS) is 1. The molecular formula is C27H28ClFN2O7. The second kappa shape index (κ2) is 11.5. The number of carboxylic acids is 1. The van der Waals surface area contributed by atoms with Gasteiger partial charge in [0, 0.05) is 50.8 Å². The van der Waals surface area contributed by atoms with Crippen molar-refractivity contribution in [3.63, 3.8) is 0 Å². The molecule has 38 heavy (non-hydrogen) atoms. The summed E-state index contributed by atoms with van der Waals surface area (Å²) in [5, 5.41) is 19.6. The van der Waals surface area contributed by atoms with Crippen molar-refractivity contribution in [2.24, 2.45) is 0 Å². The lowest BCUT2D eigenvalue weighted by molar-refractivity contribution is -0.117. The Hall–Kier alpha value is -3.47. The summed E-state index contributed by atoms with van der Waals surface area (Å²) >= 11 is 6.32. The number of carbonyl (C=O) groups is 2. The van der Waals surface area contributed by atoms with E-state index in [2.05, 4.69) is 0 Å². The molecule has 0 spiro atoms. The minimum Gasteiger partial charge on any atom is -0.496 e. The van der Waals surface area contributed by atoms with E-state index in [4.69, 9.17) is 21.1 Å². The summed E-state index contributed by atoms with van der Waals surface area (Å²) in [6.07, 6.45) is 2.62. The van der Waals surface area contributed by atoms with E-state index in [9.17, 15) is 24.6 Å². The Morgan fingerprint density at radius 3 is 2.58 bits per heavy atom. The van der Waals surface area contributed by atoms with Gasteiger partial charge in [-0.3, -0.25) is 9.59 Å². The number of aromatic nitrogens is 1. The molecule has 4 rings (SSSR count). The number of amides is 1. The van der Waals surface area contributed by atoms with Gasteiger partial charge in [0.1, 0.15) is 22.2 Å². The molecule has 2 heterocycles. The Morgan fingerprint density at radius 1 is 1.21 bits per heavy atom. The number of carbonyl (C=O) groups excluding carboxylic acids is 1. The van der Waals surface area contributed by atoms with Crippen molar-refractivity contribution in [3.05, 3.63) is 68.2 Å². The van der Waals surface area contributed by atoms with E-state index in [-0.39, 0.29) is 34.9 Å². The number of anilines is 1. The van der Waals surface area contributed by atoms with Crippen molar-refractivity contribution in [1.29, 1.82) is 0 Å². The van der Waals surface area contributed by atoms with Crippen LogP contribution in [0.1, 0.15) is 46.8 Å². The smallest absolute Gasteiger partial charge is 0.341 e. The van der Waals surface area contributed by atoms with Crippen LogP contribution in [-0.2, 0) is 16.0 Å². The molecule has 202 valence electrons. The monoisotopic (exact) mass is 546 g/mol. The predicted molar refractivity (Wildman–Crippen MR) is 140 cm³/mol. The van der Waals surface area contributed by atoms with Crippen LogP contribution in [0.3, 0.4) is 0 Å². The third kappa shape index (κ3) is 5.11. The lowest BCUT2D eigenvalue weighted by atomic mass is 9.99. The summed E-state index contributed by atoms with van der Waals surface area (Å²) in [5.74, 6) is -1.88. The Balaban J connectivity index is 1.84. The van der Waals surface area contributed by atoms with Gasteiger partial charge in [-0.15, -0.1) is 0 Å². The summed E-state index contributed by atoms with van der Waals surface area (Å²) in [4.78, 5) is 38.6. The van der Waals surface area contributed by atoms with Gasteiger partial charge < -0.3 is 29.2 Å². The molecule has 1 saturated heterocycles. The van der Waals surface area contributed by atoms with Crippen LogP contribution in [0.15, 0.2) is 35.3 Å². The van der Waals surface area contributed by atoms with Gasteiger partial charge in [0.25, 0.3) is 0 Å². The third-order valence-corrected chi connectivity index (χ3v) is 7.17. The summed E-state index contributed by atoms with van der Waals surface area (Å²) in [7, 11) is 2.94. The Kier molecular flexibility index (Phi) is 8.35. The molecule has 1 fully saturated rings. The zero-order chi connectivity index (χ0) is 27.6. The van der Waals surface area contributed by atoms with E-state index in [0.29, 0.717) is 54.9 Å². The molecular weight excluding hydrogens is 519 g/mol. The number of pyridine rings is 1. The fourth-order valence-electron chi connectivity index (χ4n) is 4.81. The van der Waals surface area contributed by atoms with Gasteiger partial charge in [-0.1, -0.05) is 17.7 Å². The maximum atomic E-state index is 15.4. The molecule has 2 N–H and O–H groups in total. The van der Waals surface area contributed by atoms with Crippen LogP contribution in [0.5, 0.6) is 5.75 Å². The zero-order valence-corrected chi connectivity index (χ0v) is 21.8. The van der Waals surface area contributed by atoms with Gasteiger partial charge in [-0.2, -0.15) is 0 Å². The third-order valence-electron chi connectivity index (χ3n) is 6.81. The van der Waals surface area contributed by atoms with Crippen molar-refractivity contribution in [2.45, 2.75) is 31.7 Å². The number of fused-ring (bicyclic) bond motifs is 1. The first-order valence-corrected chi connectivity index (χ1v) is 12.5. The number of nitrogens with zero attached hydrogens (tertiary/aromatic N) is 2. The maximum Gasteiger partial charge on any atom is 0.341 e. The number of hydrogen-bond acceptors (Lipinski definition) is 6. The Morgan fingerprint density at radius 2 is 1.97 bits per heavy atom. The number of aliphatic hydroxyl groups excluding tert-OH is 1. The highest BCUT2D eigenvalue weighted by Gasteiger charge is 2.26. The normalized spacial score (nSPS) is 14.3. The minimum atomic E-state index is -1.41. The lowest BCUT2D eigenvalue weighted by Crippen LogP contribution is -2.24. The first-order valence-electron chi connectivity index (χ1n) is 12.1. The predicted octanol–water partition coefficient (Wildman–Crippen LogP) is 3.79. The second-order valence-electron chi connectivity index (χ2n) is 9.08. The standard InChI is InChI=1S/C27H28ClFN2O7/c1-37-9-7-17(14-32)31-13-19(27(35)36)26(34)18-11-16(22(38-2)12-21(18)31)10-15-5-6-20(24(28)25(15)29)30-8-3-4-23(30)33/h5-6,11-13,17,32H,3-4,7-10,14H2,1-2H3,(H,35,36)/t17-/m0/s1. The topological polar surface area (TPSA) is 118 Å². The van der Waals surface area contributed by atoms with E-state index < -0.39 is 28.8 Å². The highest BCUT2D eigenvalue weighted by Crippen LogP contribution is 2.35. The van der Waals surface area contributed by atoms with Crippen molar-refractivity contribution >= 4 is 40.1 Å². The van der Waals surface area contributed by atoms with Crippen LogP contribution in [-0.4, -0.2) is 60.6 Å². The lowest BCUT2D eigenvalue weighted by Gasteiger charge is -2.22. The fraction of sp³-hybridized carbons (Fsp3) is 0.370. The molecule has 1 aliphatic heterocycles. The van der Waals surface area contributed by atoms with E-state index >= 15 is 4.39 Å². The average Bonchev–Trinajstić information content (AvgIpc) is 3.33. The van der Waals surface area contributed by atoms with Crippen LogP contribution < -0.4 is 15.1 Å². The second-order valence-corrected chi connectivity index (χ2v) is 9.46. The summed E-state index contributed by atoms with van der Waals surface area (Å²) in [6.45, 7) is 0.447. The van der Waals surface area contributed by atoms with Crippen LogP contribution in [0.25, 0.3) is 10.9 Å². The van der Waals surface area contributed by atoms with E-state index in [0.717, 1.165) is 0 Å². The molecule has 9 nitrogen and oxygen atoms in total. The quantitative estimate of drug-likeness (QED) is 0.397. The maximum absolute atomic E-state index is 15.4. The molecule has 0 aliphatic carbocycles. The molecule has 0 bridgehead atoms. The number of ether oxygens (including phenoxy) is 2. The van der Waals surface area contributed by atoms with Crippen LogP contribution in [0.2, 0.25) is 5.02 Å². The number of rotatable bonds is 10. The number of hydrogen-bond donors (Lipinski definition) is 2.